The maximum Gasteiger partial charge on any atom is 0.124 e. The fraction of sp³-hybridized carbons (Fsp3) is 0.571. The van der Waals surface area contributed by atoms with Crippen LogP contribution in [0.2, 0.25) is 5.02 Å². The normalized spacial score (nSPS) is 19.8. The second-order valence-electron chi connectivity index (χ2n) is 5.19. The second-order valence-corrected chi connectivity index (χ2v) is 5.63. The van der Waals surface area contributed by atoms with E-state index in [0.29, 0.717) is 11.6 Å². The van der Waals surface area contributed by atoms with Crippen LogP contribution in [-0.4, -0.2) is 17.3 Å². The number of benzene rings is 1. The molecule has 0 radical (unpaired) electrons. The molecule has 0 unspecified atom stereocenters. The van der Waals surface area contributed by atoms with Crippen molar-refractivity contribution in [3.05, 3.63) is 28.8 Å². The van der Waals surface area contributed by atoms with E-state index in [1.165, 1.54) is 0 Å². The van der Waals surface area contributed by atoms with Crippen molar-refractivity contribution in [1.29, 1.82) is 0 Å². The summed E-state index contributed by atoms with van der Waals surface area (Å²) >= 11 is 5.96. The lowest BCUT2D eigenvalue weighted by Gasteiger charge is -2.23. The summed E-state index contributed by atoms with van der Waals surface area (Å²) < 4.78 is 5.75. The predicted molar refractivity (Wildman–Crippen MR) is 73.0 cm³/mol. The van der Waals surface area contributed by atoms with Crippen LogP contribution in [0.5, 0.6) is 5.75 Å². The summed E-state index contributed by atoms with van der Waals surface area (Å²) in [6.07, 6.45) is 3.77. The third kappa shape index (κ3) is 3.16. The van der Waals surface area contributed by atoms with E-state index in [9.17, 15) is 5.11 Å². The van der Waals surface area contributed by atoms with Crippen LogP contribution in [0.1, 0.15) is 44.2 Å². The van der Waals surface area contributed by atoms with E-state index < -0.39 is 5.60 Å². The Bertz CT molecular complexity index is 414. The molecule has 1 aliphatic carbocycles. The highest BCUT2D eigenvalue weighted by Gasteiger charge is 2.32. The fourth-order valence-corrected chi connectivity index (χ4v) is 2.58. The Hall–Kier alpha value is -0.770. The summed E-state index contributed by atoms with van der Waals surface area (Å²) in [7, 11) is 0. The number of hydrogen-bond acceptors (Lipinski definition) is 3. The van der Waals surface area contributed by atoms with E-state index in [1.54, 1.807) is 6.07 Å². The Balaban J connectivity index is 2.09. The van der Waals surface area contributed by atoms with Crippen molar-refractivity contribution in [1.82, 2.24) is 0 Å². The third-order valence-electron chi connectivity index (χ3n) is 3.49. The first-order valence-electron chi connectivity index (χ1n) is 6.40. The van der Waals surface area contributed by atoms with E-state index in [1.807, 2.05) is 19.1 Å². The van der Waals surface area contributed by atoms with Gasteiger partial charge in [-0.1, -0.05) is 24.4 Å². The van der Waals surface area contributed by atoms with Gasteiger partial charge in [0.25, 0.3) is 0 Å². The van der Waals surface area contributed by atoms with Crippen LogP contribution in [0.4, 0.5) is 0 Å². The Kier molecular flexibility index (Phi) is 4.15. The second kappa shape index (κ2) is 5.47. The highest BCUT2D eigenvalue weighted by atomic mass is 35.5. The highest BCUT2D eigenvalue weighted by molar-refractivity contribution is 6.30. The summed E-state index contributed by atoms with van der Waals surface area (Å²) in [6.45, 7) is 2.22. The molecule has 1 aromatic rings. The zero-order chi connectivity index (χ0) is 13.2. The Morgan fingerprint density at radius 3 is 2.72 bits per heavy atom. The van der Waals surface area contributed by atoms with Crippen molar-refractivity contribution in [2.75, 3.05) is 6.61 Å². The zero-order valence-electron chi connectivity index (χ0n) is 10.7. The van der Waals surface area contributed by atoms with Crippen LogP contribution in [0.3, 0.4) is 0 Å². The van der Waals surface area contributed by atoms with Crippen molar-refractivity contribution in [3.8, 4) is 5.75 Å². The minimum absolute atomic E-state index is 0.142. The molecule has 1 aliphatic rings. The molecule has 3 nitrogen and oxygen atoms in total. The van der Waals surface area contributed by atoms with Gasteiger partial charge in [0.05, 0.1) is 5.60 Å². The topological polar surface area (TPSA) is 55.5 Å². The smallest absolute Gasteiger partial charge is 0.124 e. The van der Waals surface area contributed by atoms with Gasteiger partial charge in [0.15, 0.2) is 0 Å². The van der Waals surface area contributed by atoms with Crippen LogP contribution < -0.4 is 10.5 Å². The minimum Gasteiger partial charge on any atom is -0.490 e. The summed E-state index contributed by atoms with van der Waals surface area (Å²) in [5, 5.41) is 10.9. The molecule has 18 heavy (non-hydrogen) atoms. The van der Waals surface area contributed by atoms with E-state index in [4.69, 9.17) is 22.1 Å². The van der Waals surface area contributed by atoms with Gasteiger partial charge < -0.3 is 15.6 Å². The Morgan fingerprint density at radius 2 is 2.11 bits per heavy atom. The Morgan fingerprint density at radius 1 is 1.44 bits per heavy atom. The number of hydrogen-bond donors (Lipinski definition) is 2. The molecule has 0 bridgehead atoms. The molecule has 2 rings (SSSR count). The van der Waals surface area contributed by atoms with Gasteiger partial charge in [-0.25, -0.2) is 0 Å². The van der Waals surface area contributed by atoms with Crippen LogP contribution in [0, 0.1) is 0 Å². The monoisotopic (exact) mass is 269 g/mol. The molecule has 3 N–H and O–H groups in total. The van der Waals surface area contributed by atoms with Crippen molar-refractivity contribution >= 4 is 11.6 Å². The molecular formula is C14H20ClNO2. The average Bonchev–Trinajstić information content (AvgIpc) is 2.75. The molecule has 1 atom stereocenters. The predicted octanol–water partition coefficient (Wildman–Crippen LogP) is 3.04. The van der Waals surface area contributed by atoms with Crippen LogP contribution in [0.15, 0.2) is 18.2 Å². The number of nitrogens with two attached hydrogens (primary N) is 1. The summed E-state index contributed by atoms with van der Waals surface area (Å²) in [6, 6.07) is 5.28. The van der Waals surface area contributed by atoms with Crippen molar-refractivity contribution in [2.24, 2.45) is 5.73 Å². The van der Waals surface area contributed by atoms with Gasteiger partial charge in [-0.2, -0.15) is 0 Å². The largest absolute Gasteiger partial charge is 0.490 e. The lowest BCUT2D eigenvalue weighted by Crippen LogP contribution is -2.32. The summed E-state index contributed by atoms with van der Waals surface area (Å²) in [5.41, 5.74) is 6.11. The Labute approximate surface area is 113 Å². The van der Waals surface area contributed by atoms with Crippen molar-refractivity contribution in [2.45, 2.75) is 44.2 Å². The molecule has 0 heterocycles. The third-order valence-corrected chi connectivity index (χ3v) is 3.73. The quantitative estimate of drug-likeness (QED) is 0.883. The van der Waals surface area contributed by atoms with Gasteiger partial charge in [-0.3, -0.25) is 0 Å². The molecule has 0 aliphatic heterocycles. The SMILES string of the molecule is C[C@H](N)c1cc(Cl)ccc1OCC1(O)CCCC1. The number of rotatable bonds is 4. The van der Waals surface area contributed by atoms with Gasteiger partial charge in [0, 0.05) is 16.6 Å². The maximum atomic E-state index is 10.3. The van der Waals surface area contributed by atoms with Gasteiger partial charge in [-0.15, -0.1) is 0 Å². The molecule has 1 aromatic carbocycles. The molecule has 0 spiro atoms. The molecule has 1 fully saturated rings. The van der Waals surface area contributed by atoms with E-state index >= 15 is 0 Å². The van der Waals surface area contributed by atoms with Crippen LogP contribution >= 0.6 is 11.6 Å². The standard InChI is InChI=1S/C14H20ClNO2/c1-10(16)12-8-11(15)4-5-13(12)18-9-14(17)6-2-3-7-14/h4-5,8,10,17H,2-3,6-7,9,16H2,1H3/t10-/m0/s1. The van der Waals surface area contributed by atoms with Crippen molar-refractivity contribution < 1.29 is 9.84 Å². The van der Waals surface area contributed by atoms with Gasteiger partial charge >= 0.3 is 0 Å². The van der Waals surface area contributed by atoms with E-state index in [-0.39, 0.29) is 6.04 Å². The highest BCUT2D eigenvalue weighted by Crippen LogP contribution is 2.32. The molecule has 0 aromatic heterocycles. The van der Waals surface area contributed by atoms with Crippen molar-refractivity contribution in [3.63, 3.8) is 0 Å². The lowest BCUT2D eigenvalue weighted by molar-refractivity contribution is 0.00106. The molecule has 0 amide bonds. The maximum absolute atomic E-state index is 10.3. The first-order chi connectivity index (χ1) is 8.50. The fourth-order valence-electron chi connectivity index (χ4n) is 2.40. The van der Waals surface area contributed by atoms with Gasteiger partial charge in [0.1, 0.15) is 12.4 Å². The molecule has 1 saturated carbocycles. The van der Waals surface area contributed by atoms with Gasteiger partial charge in [0.2, 0.25) is 0 Å². The van der Waals surface area contributed by atoms with E-state index in [0.717, 1.165) is 37.0 Å². The number of ether oxygens (including phenoxy) is 1. The minimum atomic E-state index is -0.672. The number of halogens is 1. The van der Waals surface area contributed by atoms with Crippen LogP contribution in [-0.2, 0) is 0 Å². The molecule has 0 saturated heterocycles. The lowest BCUT2D eigenvalue weighted by atomic mass is 10.0. The van der Waals surface area contributed by atoms with E-state index in [2.05, 4.69) is 0 Å². The zero-order valence-corrected chi connectivity index (χ0v) is 11.4. The molecule has 4 heteroatoms. The summed E-state index contributed by atoms with van der Waals surface area (Å²) in [5.74, 6) is 0.717. The molecular weight excluding hydrogens is 250 g/mol. The molecule has 100 valence electrons. The van der Waals surface area contributed by atoms with Gasteiger partial charge in [-0.05, 0) is 38.0 Å². The average molecular weight is 270 g/mol. The van der Waals surface area contributed by atoms with Crippen LogP contribution in [0.25, 0.3) is 0 Å². The first kappa shape index (κ1) is 13.7. The summed E-state index contributed by atoms with van der Waals surface area (Å²) in [4.78, 5) is 0. The number of aliphatic hydroxyl groups is 1. The first-order valence-corrected chi connectivity index (χ1v) is 6.78.